The van der Waals surface area contributed by atoms with Gasteiger partial charge < -0.3 is 14.8 Å². The van der Waals surface area contributed by atoms with E-state index in [9.17, 15) is 10.1 Å². The average Bonchev–Trinajstić information content (AvgIpc) is 3.24. The Labute approximate surface area is 187 Å². The molecule has 2 aromatic carbocycles. The summed E-state index contributed by atoms with van der Waals surface area (Å²) in [7, 11) is 0. The van der Waals surface area contributed by atoms with Gasteiger partial charge in [-0.25, -0.2) is 0 Å². The Balaban J connectivity index is 1.79. The monoisotopic (exact) mass is 518 g/mol. The first kappa shape index (κ1) is 21.6. The lowest BCUT2D eigenvalue weighted by atomic mass is 10.1. The zero-order chi connectivity index (χ0) is 20.6. The second-order valence-corrected chi connectivity index (χ2v) is 8.37. The van der Waals surface area contributed by atoms with E-state index < -0.39 is 5.91 Å². The summed E-state index contributed by atoms with van der Waals surface area (Å²) in [5.74, 6) is 0.143. The van der Waals surface area contributed by atoms with Gasteiger partial charge in [-0.05, 0) is 52.5 Å². The minimum atomic E-state index is -0.423. The van der Waals surface area contributed by atoms with Crippen molar-refractivity contribution in [2.24, 2.45) is 0 Å². The SMILES string of the molecule is N#C/C(=C\c1cc(Br)cc(Br)c1OCc1ccccc1)C(=O)NC[C@@H]1CCCO1. The zero-order valence-electron chi connectivity index (χ0n) is 15.7. The van der Waals surface area contributed by atoms with E-state index in [1.54, 1.807) is 6.08 Å². The molecule has 2 aromatic rings. The number of hydrogen-bond acceptors (Lipinski definition) is 4. The molecule has 1 fully saturated rings. The van der Waals surface area contributed by atoms with Crippen molar-refractivity contribution in [1.82, 2.24) is 5.32 Å². The summed E-state index contributed by atoms with van der Waals surface area (Å²) in [6.07, 6.45) is 3.47. The maximum Gasteiger partial charge on any atom is 0.262 e. The van der Waals surface area contributed by atoms with E-state index in [1.165, 1.54) is 0 Å². The number of carbonyl (C=O) groups excluding carboxylic acids is 1. The molecule has 1 saturated heterocycles. The van der Waals surface area contributed by atoms with Gasteiger partial charge in [0.2, 0.25) is 0 Å². The number of hydrogen-bond donors (Lipinski definition) is 1. The molecule has 0 bridgehead atoms. The van der Waals surface area contributed by atoms with E-state index in [4.69, 9.17) is 9.47 Å². The standard InChI is InChI=1S/C22H20Br2N2O3/c23-18-10-16(9-17(12-25)22(27)26-13-19-7-4-8-28-19)21(20(24)11-18)29-14-15-5-2-1-3-6-15/h1-3,5-6,9-11,19H,4,7-8,13-14H2,(H,26,27)/b17-9+/t19-/m0/s1. The average molecular weight is 520 g/mol. The molecule has 1 N–H and O–H groups in total. The number of carbonyl (C=O) groups is 1. The largest absolute Gasteiger partial charge is 0.487 e. The van der Waals surface area contributed by atoms with E-state index in [1.807, 2.05) is 48.5 Å². The van der Waals surface area contributed by atoms with Crippen LogP contribution in [0.15, 0.2) is 57.0 Å². The molecule has 0 saturated carbocycles. The van der Waals surface area contributed by atoms with Gasteiger partial charge in [0.25, 0.3) is 5.91 Å². The topological polar surface area (TPSA) is 71.3 Å². The third-order valence-corrected chi connectivity index (χ3v) is 5.49. The summed E-state index contributed by atoms with van der Waals surface area (Å²) in [6.45, 7) is 1.49. The third-order valence-electron chi connectivity index (χ3n) is 4.44. The Morgan fingerprint density at radius 3 is 2.79 bits per heavy atom. The minimum absolute atomic E-state index is 0.0116. The van der Waals surface area contributed by atoms with Crippen molar-refractivity contribution in [3.05, 3.63) is 68.1 Å². The molecule has 1 heterocycles. The number of nitriles is 1. The summed E-state index contributed by atoms with van der Waals surface area (Å²) in [5, 5.41) is 12.3. The van der Waals surface area contributed by atoms with Crippen LogP contribution in [-0.2, 0) is 16.1 Å². The molecule has 0 radical (unpaired) electrons. The molecule has 5 nitrogen and oxygen atoms in total. The molecule has 0 aliphatic carbocycles. The van der Waals surface area contributed by atoms with Crippen molar-refractivity contribution < 1.29 is 14.3 Å². The van der Waals surface area contributed by atoms with E-state index in [0.29, 0.717) is 24.5 Å². The zero-order valence-corrected chi connectivity index (χ0v) is 18.8. The Kier molecular flexibility index (Phi) is 7.87. The molecule has 29 heavy (non-hydrogen) atoms. The smallest absolute Gasteiger partial charge is 0.262 e. The molecule has 150 valence electrons. The molecule has 1 amide bonds. The normalized spacial score (nSPS) is 16.3. The van der Waals surface area contributed by atoms with E-state index in [-0.39, 0.29) is 11.7 Å². The van der Waals surface area contributed by atoms with Crippen LogP contribution in [-0.4, -0.2) is 25.2 Å². The van der Waals surface area contributed by atoms with Crippen LogP contribution in [0, 0.1) is 11.3 Å². The number of rotatable bonds is 7. The van der Waals surface area contributed by atoms with Gasteiger partial charge in [-0.2, -0.15) is 5.26 Å². The van der Waals surface area contributed by atoms with Crippen molar-refractivity contribution in [2.75, 3.05) is 13.2 Å². The first-order chi connectivity index (χ1) is 14.1. The number of amides is 1. The van der Waals surface area contributed by atoms with Crippen LogP contribution in [0.1, 0.15) is 24.0 Å². The quantitative estimate of drug-likeness (QED) is 0.413. The lowest BCUT2D eigenvalue weighted by Crippen LogP contribution is -2.32. The number of benzene rings is 2. The molecule has 1 aliphatic heterocycles. The molecule has 0 unspecified atom stereocenters. The summed E-state index contributed by atoms with van der Waals surface area (Å²) in [6, 6.07) is 15.5. The third kappa shape index (κ3) is 6.17. The highest BCUT2D eigenvalue weighted by Crippen LogP contribution is 2.35. The van der Waals surface area contributed by atoms with Crippen molar-refractivity contribution in [2.45, 2.75) is 25.6 Å². The molecule has 7 heteroatoms. The maximum atomic E-state index is 12.5. The molecular formula is C22H20Br2N2O3. The number of ether oxygens (including phenoxy) is 2. The summed E-state index contributed by atoms with van der Waals surface area (Å²) in [4.78, 5) is 12.5. The van der Waals surface area contributed by atoms with Crippen molar-refractivity contribution in [3.8, 4) is 11.8 Å². The number of nitrogens with one attached hydrogen (secondary N) is 1. The van der Waals surface area contributed by atoms with Crippen molar-refractivity contribution in [3.63, 3.8) is 0 Å². The Bertz CT molecular complexity index is 933. The second-order valence-electron chi connectivity index (χ2n) is 6.60. The lowest BCUT2D eigenvalue weighted by molar-refractivity contribution is -0.117. The predicted octanol–water partition coefficient (Wildman–Crippen LogP) is 4.99. The molecule has 1 atom stereocenters. The molecule has 0 spiro atoms. The van der Waals surface area contributed by atoms with E-state index >= 15 is 0 Å². The lowest BCUT2D eigenvalue weighted by Gasteiger charge is -2.13. The maximum absolute atomic E-state index is 12.5. The summed E-state index contributed by atoms with van der Waals surface area (Å²) >= 11 is 6.96. The van der Waals surface area contributed by atoms with Crippen LogP contribution in [0.2, 0.25) is 0 Å². The van der Waals surface area contributed by atoms with E-state index in [2.05, 4.69) is 37.2 Å². The number of nitrogens with zero attached hydrogens (tertiary/aromatic N) is 1. The minimum Gasteiger partial charge on any atom is -0.487 e. The van der Waals surface area contributed by atoms with Crippen LogP contribution in [0.5, 0.6) is 5.75 Å². The van der Waals surface area contributed by atoms with Gasteiger partial charge in [-0.15, -0.1) is 0 Å². The van der Waals surface area contributed by atoms with Crippen LogP contribution in [0.3, 0.4) is 0 Å². The first-order valence-electron chi connectivity index (χ1n) is 9.24. The van der Waals surface area contributed by atoms with Gasteiger partial charge in [0, 0.05) is 23.2 Å². The van der Waals surface area contributed by atoms with Gasteiger partial charge >= 0.3 is 0 Å². The highest BCUT2D eigenvalue weighted by molar-refractivity contribution is 9.11. The van der Waals surface area contributed by atoms with Crippen LogP contribution in [0.4, 0.5) is 0 Å². The van der Waals surface area contributed by atoms with Crippen LogP contribution >= 0.6 is 31.9 Å². The predicted molar refractivity (Wildman–Crippen MR) is 118 cm³/mol. The molecule has 1 aliphatic rings. The molecule has 0 aromatic heterocycles. The van der Waals surface area contributed by atoms with Crippen molar-refractivity contribution >= 4 is 43.8 Å². The van der Waals surface area contributed by atoms with Gasteiger partial charge in [-0.3, -0.25) is 4.79 Å². The fourth-order valence-electron chi connectivity index (χ4n) is 2.98. The van der Waals surface area contributed by atoms with Gasteiger partial charge in [0.05, 0.1) is 10.6 Å². The van der Waals surface area contributed by atoms with E-state index in [0.717, 1.165) is 34.0 Å². The molecule has 3 rings (SSSR count). The fraction of sp³-hybridized carbons (Fsp3) is 0.273. The van der Waals surface area contributed by atoms with Crippen molar-refractivity contribution in [1.29, 1.82) is 5.26 Å². The highest BCUT2D eigenvalue weighted by Gasteiger charge is 2.18. The van der Waals surface area contributed by atoms with Crippen LogP contribution < -0.4 is 10.1 Å². The molecular weight excluding hydrogens is 500 g/mol. The highest BCUT2D eigenvalue weighted by atomic mass is 79.9. The Morgan fingerprint density at radius 2 is 2.10 bits per heavy atom. The van der Waals surface area contributed by atoms with Gasteiger partial charge in [-0.1, -0.05) is 46.3 Å². The number of halogens is 2. The summed E-state index contributed by atoms with van der Waals surface area (Å²) in [5.41, 5.74) is 1.66. The van der Waals surface area contributed by atoms with Gasteiger partial charge in [0.15, 0.2) is 0 Å². The van der Waals surface area contributed by atoms with Gasteiger partial charge in [0.1, 0.15) is 24.0 Å². The first-order valence-corrected chi connectivity index (χ1v) is 10.8. The second kappa shape index (κ2) is 10.6. The Hall–Kier alpha value is -2.14. The summed E-state index contributed by atoms with van der Waals surface area (Å²) < 4.78 is 13.0. The van der Waals surface area contributed by atoms with Crippen LogP contribution in [0.25, 0.3) is 6.08 Å². The Morgan fingerprint density at radius 1 is 1.31 bits per heavy atom. The fourth-order valence-corrected chi connectivity index (χ4v) is 4.35.